The van der Waals surface area contributed by atoms with Gasteiger partial charge in [0.2, 0.25) is 0 Å². The Balaban J connectivity index is -0.0000000660. The summed E-state index contributed by atoms with van der Waals surface area (Å²) in [5.41, 5.74) is 9.55. The van der Waals surface area contributed by atoms with Crippen LogP contribution in [0, 0.1) is 0 Å². The lowest BCUT2D eigenvalue weighted by Gasteiger charge is -2.31. The highest BCUT2D eigenvalue weighted by Gasteiger charge is 2.32. The second kappa shape index (κ2) is 94.6. The number of anilines is 5. The van der Waals surface area contributed by atoms with Crippen LogP contribution in [-0.2, 0) is 9.59 Å². The van der Waals surface area contributed by atoms with E-state index in [-0.39, 0.29) is 55.6 Å². The lowest BCUT2D eigenvalue weighted by Crippen LogP contribution is -2.44. The van der Waals surface area contributed by atoms with Crippen LogP contribution in [0.15, 0.2) is 152 Å². The molecule has 6 aromatic carbocycles. The number of nitrogen functional groups attached to an aromatic ring is 1. The van der Waals surface area contributed by atoms with E-state index in [4.69, 9.17) is 39.6 Å². The Morgan fingerprint density at radius 2 is 0.777 bits per heavy atom. The van der Waals surface area contributed by atoms with Crippen LogP contribution in [0.4, 0.5) is 28.4 Å². The number of hydrogen-bond donors (Lipinski definition) is 5. The molecular weight excluding hydrogens is 1240 g/mol. The fraction of sp³-hybridized carbons (Fsp3) is 0.519. The van der Waals surface area contributed by atoms with Crippen LogP contribution in [-0.4, -0.2) is 95.7 Å². The van der Waals surface area contributed by atoms with Gasteiger partial charge < -0.3 is 60.1 Å². The molecular formula is C79H150BrN5O9. The van der Waals surface area contributed by atoms with Crippen molar-refractivity contribution in [3.63, 3.8) is 0 Å². The van der Waals surface area contributed by atoms with E-state index in [1.54, 1.807) is 63.4 Å². The van der Waals surface area contributed by atoms with Gasteiger partial charge in [0, 0.05) is 47.6 Å². The minimum absolute atomic E-state index is 0. The number of halogens is 1. The van der Waals surface area contributed by atoms with Crippen molar-refractivity contribution in [1.82, 2.24) is 0 Å². The third-order valence-electron chi connectivity index (χ3n) is 9.68. The molecule has 0 saturated carbocycles. The van der Waals surface area contributed by atoms with E-state index >= 15 is 0 Å². The molecule has 0 aromatic heterocycles. The zero-order valence-corrected chi connectivity index (χ0v) is 62.8. The predicted molar refractivity (Wildman–Crippen MR) is 432 cm³/mol. The number of hydrogen-bond acceptors (Lipinski definition) is 12. The number of aliphatic hydroxyl groups is 1. The van der Waals surface area contributed by atoms with E-state index in [9.17, 15) is 9.59 Å². The molecule has 2 aliphatic rings. The van der Waals surface area contributed by atoms with Crippen LogP contribution in [0.1, 0.15) is 209 Å². The van der Waals surface area contributed by atoms with Crippen LogP contribution in [0.2, 0.25) is 0 Å². The van der Waals surface area contributed by atoms with Gasteiger partial charge in [0.15, 0.2) is 12.2 Å². The molecule has 2 heterocycles. The second-order valence-corrected chi connectivity index (χ2v) is 14.6. The Morgan fingerprint density at radius 1 is 0.468 bits per heavy atom. The Morgan fingerprint density at radius 3 is 1.10 bits per heavy atom. The molecule has 0 bridgehead atoms. The van der Waals surface area contributed by atoms with Gasteiger partial charge in [-0.3, -0.25) is 9.59 Å². The zero-order chi connectivity index (χ0) is 71.0. The molecule has 0 radical (unpaired) electrons. The second-order valence-electron chi connectivity index (χ2n) is 14.6. The highest BCUT2D eigenvalue weighted by Crippen LogP contribution is 2.34. The minimum Gasteiger partial charge on any atom is -0.506 e. The number of likely N-dealkylation sites (N-methyl/N-ethyl adjacent to an activating group) is 2. The van der Waals surface area contributed by atoms with E-state index in [0.717, 1.165) is 45.7 Å². The number of aliphatic hydroxyl groups excluding tert-OH is 1. The number of amides is 2. The summed E-state index contributed by atoms with van der Waals surface area (Å²) in [6.07, 6.45) is 1.05. The number of phenolic OH excluding ortho intramolecular Hbond substituents is 1. The molecule has 2 amide bonds. The summed E-state index contributed by atoms with van der Waals surface area (Å²) in [6, 6.07) is 46.8. The predicted octanol–water partition coefficient (Wildman–Crippen LogP) is 24.0. The first-order chi connectivity index (χ1) is 43.5. The summed E-state index contributed by atoms with van der Waals surface area (Å²) in [6.45, 7) is 44.6. The van der Waals surface area contributed by atoms with Crippen molar-refractivity contribution in [2.45, 2.75) is 221 Å². The quantitative estimate of drug-likeness (QED) is 0.0499. The van der Waals surface area contributed by atoms with Gasteiger partial charge in [-0.1, -0.05) is 291 Å². The van der Waals surface area contributed by atoms with E-state index in [2.05, 4.69) is 40.4 Å². The Bertz CT molecular complexity index is 2300. The third kappa shape index (κ3) is 54.3. The largest absolute Gasteiger partial charge is 0.506 e. The molecule has 15 heteroatoms. The van der Waals surface area contributed by atoms with Crippen molar-refractivity contribution >= 4 is 56.2 Å². The first kappa shape index (κ1) is 121. The Hall–Kier alpha value is -7.10. The zero-order valence-electron chi connectivity index (χ0n) is 61.2. The maximum Gasteiger partial charge on any atom is 0.268 e. The van der Waals surface area contributed by atoms with E-state index in [1.165, 1.54) is 6.42 Å². The van der Waals surface area contributed by atoms with Crippen molar-refractivity contribution in [2.75, 3.05) is 87.6 Å². The molecule has 6 aromatic rings. The fourth-order valence-corrected chi connectivity index (χ4v) is 6.23. The lowest BCUT2D eigenvalue weighted by atomic mass is 10.1. The molecule has 0 saturated heterocycles. The number of methoxy groups -OCH3 is 2. The molecule has 94 heavy (non-hydrogen) atoms. The summed E-state index contributed by atoms with van der Waals surface area (Å²) in [5.74, 6) is 5.81. The number of ether oxygens (including phenoxy) is 5. The Kier molecular flexibility index (Phi) is 121. The van der Waals surface area contributed by atoms with E-state index in [1.807, 2.05) is 285 Å². The van der Waals surface area contributed by atoms with Crippen LogP contribution in [0.3, 0.4) is 0 Å². The number of nitrogens with one attached hydrogen (secondary N) is 2. The Labute approximate surface area is 591 Å². The summed E-state index contributed by atoms with van der Waals surface area (Å²) >= 11 is 2.94. The molecule has 14 nitrogen and oxygen atoms in total. The van der Waals surface area contributed by atoms with Crippen LogP contribution >= 0.6 is 15.9 Å². The summed E-state index contributed by atoms with van der Waals surface area (Å²) in [7, 11) is 10.4. The van der Waals surface area contributed by atoms with Gasteiger partial charge in [0.05, 0.1) is 49.3 Å². The summed E-state index contributed by atoms with van der Waals surface area (Å²) in [4.78, 5) is 27.3. The van der Waals surface area contributed by atoms with Gasteiger partial charge in [-0.25, -0.2) is 0 Å². The average Bonchev–Trinajstić information content (AvgIpc) is 0.817. The number of fused-ring (bicyclic) bond motifs is 2. The maximum atomic E-state index is 12.3. The average molecular weight is 1390 g/mol. The minimum atomic E-state index is -0.560. The number of phenols is 1. The van der Waals surface area contributed by atoms with Gasteiger partial charge in [0.25, 0.3) is 11.8 Å². The number of para-hydroxylation sites is 11. The van der Waals surface area contributed by atoms with Gasteiger partial charge in [0.1, 0.15) is 34.5 Å². The lowest BCUT2D eigenvalue weighted by molar-refractivity contribution is -0.127. The highest BCUT2D eigenvalue weighted by atomic mass is 79.9. The van der Waals surface area contributed by atoms with Crippen LogP contribution < -0.4 is 49.9 Å². The first-order valence-electron chi connectivity index (χ1n) is 32.4. The SMILES string of the molecule is C.C.C.C.C.CBr.CC.CC.CC.CC.CC.CC.CC.CC.CC.CC.CCC.CN1C(=O)C(CCO)Oc2ccccc21.CN1C(=O)C(CCOc2ccccc2)Oc2ccccc21.CNc1ccccc1O.CNc1ccccc1OC.COc1ccccc1N. The molecule has 2 unspecified atom stereocenters. The molecule has 2 aliphatic heterocycles. The number of nitrogens with two attached hydrogens (primary N) is 1. The number of aromatic hydroxyl groups is 1. The van der Waals surface area contributed by atoms with E-state index in [0.29, 0.717) is 36.6 Å². The fourth-order valence-electron chi connectivity index (χ4n) is 6.23. The smallest absolute Gasteiger partial charge is 0.268 e. The normalized spacial score (nSPS) is 10.5. The van der Waals surface area contributed by atoms with Crippen molar-refractivity contribution in [3.05, 3.63) is 152 Å². The first-order valence-corrected chi connectivity index (χ1v) is 33.9. The van der Waals surface area contributed by atoms with Gasteiger partial charge >= 0.3 is 0 Å². The third-order valence-corrected chi connectivity index (χ3v) is 9.68. The number of carbonyl (C=O) groups is 2. The summed E-state index contributed by atoms with van der Waals surface area (Å²) < 4.78 is 26.9. The van der Waals surface area contributed by atoms with Crippen molar-refractivity contribution in [2.24, 2.45) is 0 Å². The number of nitrogens with zero attached hydrogens (tertiary/aromatic N) is 2. The molecule has 0 spiro atoms. The summed E-state index contributed by atoms with van der Waals surface area (Å²) in [5, 5.41) is 23.7. The number of alkyl halides is 1. The maximum absolute atomic E-state index is 12.3. The molecule has 8 rings (SSSR count). The number of carbonyl (C=O) groups excluding carboxylic acids is 2. The topological polar surface area (TPSA) is 177 Å². The molecule has 0 fully saturated rings. The van der Waals surface area contributed by atoms with Crippen molar-refractivity contribution in [3.8, 4) is 34.5 Å². The van der Waals surface area contributed by atoms with Crippen molar-refractivity contribution < 1.29 is 43.5 Å². The standard InChI is InChI=1S/C17H17NO3.C11H13NO3.C8H11NO.2C7H9NO.C3H8.10C2H6.CH3Br.5CH4/c1-18-14-9-5-6-10-15(14)21-16(17(18)19)11-12-20-13-7-3-2-4-8-13;1-12-8-4-2-3-5-9(8)15-10(6-7-13)11(12)14;1-9-7-5-3-4-6-8(7)10-2;1-9-7-5-3-2-4-6(7)8;1-8-6-4-2-3-5-7(6)9;1-3-2;11*1-2;;;;;/h2-10,16H,11-12H2,1H3;2-5,10,13H,6-7H2,1H3;3-6,9H,1-2H3;2-5H,8H2,1H3;2-5,8-9H,1H3;3H2,1-2H3;10*1-2H3;1H3;5*1H4. The van der Waals surface area contributed by atoms with Crippen LogP contribution in [0.25, 0.3) is 0 Å². The van der Waals surface area contributed by atoms with E-state index < -0.39 is 12.2 Å². The van der Waals surface area contributed by atoms with Crippen molar-refractivity contribution in [1.29, 1.82) is 0 Å². The number of rotatable bonds is 10. The molecule has 0 aliphatic carbocycles. The highest BCUT2D eigenvalue weighted by molar-refractivity contribution is 9.08. The number of benzene rings is 6. The van der Waals surface area contributed by atoms with Gasteiger partial charge in [-0.2, -0.15) is 0 Å². The van der Waals surface area contributed by atoms with Gasteiger partial charge in [-0.15, -0.1) is 0 Å². The van der Waals surface area contributed by atoms with Gasteiger partial charge in [-0.05, 0) is 78.6 Å². The van der Waals surface area contributed by atoms with Crippen LogP contribution in [0.5, 0.6) is 34.5 Å². The molecule has 552 valence electrons. The monoisotopic (exact) mass is 1390 g/mol. The molecule has 6 N–H and O–H groups in total. The molecule has 2 atom stereocenters.